The Morgan fingerprint density at radius 1 is 1.60 bits per heavy atom. The molecule has 2 aromatic heterocycles. The Kier molecular flexibility index (Phi) is 3.05. The van der Waals surface area contributed by atoms with Crippen LogP contribution in [0.4, 0.5) is 11.6 Å². The second-order valence-electron chi connectivity index (χ2n) is 4.59. The van der Waals surface area contributed by atoms with Gasteiger partial charge in [0.25, 0.3) is 4.96 Å². The van der Waals surface area contributed by atoms with Crippen molar-refractivity contribution in [1.29, 1.82) is 0 Å². The van der Waals surface area contributed by atoms with E-state index in [1.165, 1.54) is 15.7 Å². The number of carbonyl (C=O) groups excluding carboxylic acids is 1. The summed E-state index contributed by atoms with van der Waals surface area (Å²) in [6.45, 7) is 2.87. The molecule has 1 amide bonds. The summed E-state index contributed by atoms with van der Waals surface area (Å²) in [5, 5.41) is 15.9. The van der Waals surface area contributed by atoms with E-state index < -0.39 is 11.0 Å². The number of fused-ring (bicyclic) bond motifs is 1. The zero-order valence-electron chi connectivity index (χ0n) is 10.8. The minimum absolute atomic E-state index is 0.0807. The lowest BCUT2D eigenvalue weighted by Gasteiger charge is -2.24. The van der Waals surface area contributed by atoms with Crippen molar-refractivity contribution in [3.05, 3.63) is 21.7 Å². The van der Waals surface area contributed by atoms with Gasteiger partial charge in [0.15, 0.2) is 0 Å². The Labute approximate surface area is 118 Å². The van der Waals surface area contributed by atoms with Gasteiger partial charge in [0.05, 0.1) is 0 Å². The first-order valence-electron chi connectivity index (χ1n) is 6.24. The predicted octanol–water partition coefficient (Wildman–Crippen LogP) is 1.02. The van der Waals surface area contributed by atoms with E-state index in [4.69, 9.17) is 0 Å². The van der Waals surface area contributed by atoms with Gasteiger partial charge in [-0.05, 0) is 18.3 Å². The highest BCUT2D eigenvalue weighted by molar-refractivity contribution is 7.15. The van der Waals surface area contributed by atoms with E-state index in [2.05, 4.69) is 10.3 Å². The van der Waals surface area contributed by atoms with Crippen LogP contribution in [0.1, 0.15) is 13.3 Å². The molecule has 1 atom stereocenters. The van der Waals surface area contributed by atoms with E-state index in [9.17, 15) is 14.9 Å². The van der Waals surface area contributed by atoms with Crippen molar-refractivity contribution < 1.29 is 9.72 Å². The van der Waals surface area contributed by atoms with E-state index in [-0.39, 0.29) is 17.5 Å². The zero-order chi connectivity index (χ0) is 14.3. The second kappa shape index (κ2) is 4.75. The fraction of sp³-hybridized carbons (Fsp3) is 0.455. The summed E-state index contributed by atoms with van der Waals surface area (Å²) in [4.78, 5) is 29.4. The first-order chi connectivity index (χ1) is 9.59. The molecule has 1 saturated heterocycles. The van der Waals surface area contributed by atoms with Crippen molar-refractivity contribution in [3.63, 3.8) is 0 Å². The molecule has 1 aliphatic rings. The molecular formula is C11H13N5O3S. The second-order valence-corrected chi connectivity index (χ2v) is 5.46. The van der Waals surface area contributed by atoms with E-state index in [1.807, 2.05) is 0 Å². The molecular weight excluding hydrogens is 282 g/mol. The molecule has 0 spiro atoms. The van der Waals surface area contributed by atoms with Gasteiger partial charge in [-0.2, -0.15) is 9.38 Å². The highest BCUT2D eigenvalue weighted by Gasteiger charge is 2.33. The Morgan fingerprint density at radius 3 is 3.15 bits per heavy atom. The van der Waals surface area contributed by atoms with Crippen LogP contribution in [0.25, 0.3) is 4.96 Å². The lowest BCUT2D eigenvalue weighted by Crippen LogP contribution is -2.42. The predicted molar refractivity (Wildman–Crippen MR) is 74.2 cm³/mol. The fourth-order valence-corrected chi connectivity index (χ4v) is 3.06. The molecule has 0 bridgehead atoms. The normalized spacial score (nSPS) is 19.9. The number of hydrogen-bond acceptors (Lipinski definition) is 6. The first-order valence-corrected chi connectivity index (χ1v) is 7.12. The number of nitro groups is 1. The molecule has 0 aromatic carbocycles. The number of imidazole rings is 1. The molecule has 0 saturated carbocycles. The molecule has 2 aromatic rings. The maximum atomic E-state index is 11.9. The summed E-state index contributed by atoms with van der Waals surface area (Å²) in [5.74, 6) is 0.0577. The number of nitrogens with one attached hydrogen (secondary N) is 1. The Balaban J connectivity index is 2.12. The third-order valence-corrected chi connectivity index (χ3v) is 4.14. The third-order valence-electron chi connectivity index (χ3n) is 3.39. The molecule has 1 aliphatic heterocycles. The fourth-order valence-electron chi connectivity index (χ4n) is 2.36. The van der Waals surface area contributed by atoms with Crippen LogP contribution in [0.3, 0.4) is 0 Å². The quantitative estimate of drug-likeness (QED) is 0.659. The van der Waals surface area contributed by atoms with Gasteiger partial charge in [-0.15, -0.1) is 0 Å². The highest BCUT2D eigenvalue weighted by atomic mass is 32.1. The van der Waals surface area contributed by atoms with Crippen LogP contribution in [-0.2, 0) is 4.79 Å². The van der Waals surface area contributed by atoms with Crippen LogP contribution in [0, 0.1) is 10.1 Å². The van der Waals surface area contributed by atoms with Crippen molar-refractivity contribution in [2.24, 2.45) is 0 Å². The lowest BCUT2D eigenvalue weighted by molar-refractivity contribution is -0.389. The van der Waals surface area contributed by atoms with Crippen LogP contribution in [0.2, 0.25) is 0 Å². The average Bonchev–Trinajstić information content (AvgIpc) is 2.92. The van der Waals surface area contributed by atoms with Crippen LogP contribution < -0.4 is 10.2 Å². The van der Waals surface area contributed by atoms with Crippen molar-refractivity contribution >= 4 is 33.8 Å². The number of aromatic nitrogens is 2. The molecule has 0 unspecified atom stereocenters. The summed E-state index contributed by atoms with van der Waals surface area (Å²) in [7, 11) is 0. The van der Waals surface area contributed by atoms with Crippen molar-refractivity contribution in [2.45, 2.75) is 19.4 Å². The number of hydrogen-bond donors (Lipinski definition) is 1. The summed E-state index contributed by atoms with van der Waals surface area (Å²) >= 11 is 1.33. The topological polar surface area (TPSA) is 92.8 Å². The molecule has 1 N–H and O–H groups in total. The Morgan fingerprint density at radius 2 is 2.40 bits per heavy atom. The largest absolute Gasteiger partial charge is 0.373 e. The van der Waals surface area contributed by atoms with Crippen molar-refractivity contribution in [2.75, 3.05) is 18.0 Å². The minimum Gasteiger partial charge on any atom is -0.358 e. The maximum absolute atomic E-state index is 11.9. The van der Waals surface area contributed by atoms with Gasteiger partial charge in [-0.1, -0.05) is 11.3 Å². The van der Waals surface area contributed by atoms with Gasteiger partial charge in [0.1, 0.15) is 12.2 Å². The Bertz CT molecular complexity index is 679. The van der Waals surface area contributed by atoms with E-state index in [1.54, 1.807) is 23.4 Å². The number of rotatable bonds is 2. The number of amides is 1. The maximum Gasteiger partial charge on any atom is 0.373 e. The molecule has 8 nitrogen and oxygen atoms in total. The molecule has 0 radical (unpaired) electrons. The summed E-state index contributed by atoms with van der Waals surface area (Å²) in [6, 6.07) is -0.471. The van der Waals surface area contributed by atoms with Crippen molar-refractivity contribution in [3.8, 4) is 0 Å². The summed E-state index contributed by atoms with van der Waals surface area (Å²) in [5.41, 5.74) is 0. The van der Waals surface area contributed by atoms with Gasteiger partial charge in [-0.3, -0.25) is 4.79 Å². The molecule has 0 aliphatic carbocycles. The minimum atomic E-state index is -0.471. The van der Waals surface area contributed by atoms with Gasteiger partial charge in [-0.25, -0.2) is 0 Å². The zero-order valence-corrected chi connectivity index (χ0v) is 11.6. The molecule has 9 heteroatoms. The summed E-state index contributed by atoms with van der Waals surface area (Å²) in [6.07, 6.45) is 2.36. The molecule has 3 heterocycles. The van der Waals surface area contributed by atoms with Gasteiger partial charge >= 0.3 is 5.82 Å². The number of nitrogens with zero attached hydrogens (tertiary/aromatic N) is 4. The van der Waals surface area contributed by atoms with Gasteiger partial charge in [0.2, 0.25) is 11.7 Å². The van der Waals surface area contributed by atoms with Crippen LogP contribution in [-0.4, -0.2) is 39.3 Å². The van der Waals surface area contributed by atoms with Gasteiger partial charge < -0.3 is 20.3 Å². The Hall–Kier alpha value is -2.16. The summed E-state index contributed by atoms with van der Waals surface area (Å²) < 4.78 is 1.45. The first kappa shape index (κ1) is 12.9. The monoisotopic (exact) mass is 295 g/mol. The lowest BCUT2D eigenvalue weighted by atomic mass is 10.2. The van der Waals surface area contributed by atoms with Gasteiger partial charge in [0, 0.05) is 18.5 Å². The molecule has 1 fully saturated rings. The number of carbonyl (C=O) groups is 1. The van der Waals surface area contributed by atoms with Crippen molar-refractivity contribution in [1.82, 2.24) is 14.7 Å². The molecule has 20 heavy (non-hydrogen) atoms. The van der Waals surface area contributed by atoms with Crippen LogP contribution >= 0.6 is 11.3 Å². The molecule has 3 rings (SSSR count). The smallest absolute Gasteiger partial charge is 0.358 e. The third kappa shape index (κ3) is 1.90. The van der Waals surface area contributed by atoms with Crippen LogP contribution in [0.15, 0.2) is 11.6 Å². The van der Waals surface area contributed by atoms with E-state index in [0.717, 1.165) is 6.42 Å². The SMILES string of the molecule is C[C@@H]1C(=O)NCCCN1c1nc2sccn2c1[N+](=O)[O-]. The van der Waals surface area contributed by atoms with Crippen LogP contribution in [0.5, 0.6) is 0 Å². The van der Waals surface area contributed by atoms with E-state index >= 15 is 0 Å². The van der Waals surface area contributed by atoms with E-state index in [0.29, 0.717) is 18.1 Å². The average molecular weight is 295 g/mol. The number of anilines is 1. The standard InChI is InChI=1S/C11H13N5O3S/c1-7-9(17)12-3-2-4-14(7)8-10(16(18)19)15-5-6-20-11(15)13-8/h5-7H,2-4H2,1H3,(H,12,17)/t7-/m1/s1. The highest BCUT2D eigenvalue weighted by Crippen LogP contribution is 2.32. The number of thiazole rings is 1. The molecule has 106 valence electrons.